The van der Waals surface area contributed by atoms with Crippen molar-refractivity contribution in [3.05, 3.63) is 71.1 Å². The number of amides is 1. The minimum atomic E-state index is -3.62. The molecule has 2 aromatic carbocycles. The first-order valence-electron chi connectivity index (χ1n) is 9.10. The van der Waals surface area contributed by atoms with Gasteiger partial charge in [-0.25, -0.2) is 8.42 Å². The van der Waals surface area contributed by atoms with Crippen molar-refractivity contribution in [1.29, 1.82) is 0 Å². The lowest BCUT2D eigenvalue weighted by molar-refractivity contribution is 0.0762. The molecule has 1 amide bonds. The summed E-state index contributed by atoms with van der Waals surface area (Å²) >= 11 is 0. The summed E-state index contributed by atoms with van der Waals surface area (Å²) in [5.74, 6) is -0.0377. The molecule has 2 aromatic rings. The van der Waals surface area contributed by atoms with Crippen molar-refractivity contribution in [3.63, 3.8) is 0 Å². The van der Waals surface area contributed by atoms with Crippen molar-refractivity contribution >= 4 is 27.7 Å². The maximum atomic E-state index is 12.5. The van der Waals surface area contributed by atoms with E-state index in [0.717, 1.165) is 30.4 Å². The van der Waals surface area contributed by atoms with E-state index in [9.17, 15) is 13.2 Å². The molecule has 0 aliphatic rings. The quantitative estimate of drug-likeness (QED) is 0.696. The molecular formula is C21H26N2O3S. The van der Waals surface area contributed by atoms with Crippen molar-refractivity contribution in [2.24, 2.45) is 0 Å². The smallest absolute Gasteiger partial charge is 0.255 e. The van der Waals surface area contributed by atoms with Gasteiger partial charge in [-0.1, -0.05) is 43.7 Å². The number of carbonyl (C=O) groups is 1. The van der Waals surface area contributed by atoms with Gasteiger partial charge in [-0.15, -0.1) is 0 Å². The molecule has 0 saturated carbocycles. The van der Waals surface area contributed by atoms with E-state index >= 15 is 0 Å². The Bertz CT molecular complexity index is 860. The molecule has 0 unspecified atom stereocenters. The van der Waals surface area contributed by atoms with E-state index in [1.165, 1.54) is 6.08 Å². The Morgan fingerprint density at radius 3 is 2.30 bits per heavy atom. The minimum absolute atomic E-state index is 0.0377. The van der Waals surface area contributed by atoms with Crippen LogP contribution >= 0.6 is 0 Å². The largest absolute Gasteiger partial charge is 0.339 e. The molecule has 1 N–H and O–H groups in total. The standard InChI is InChI=1S/C21H26N2O3S/c1-3-5-16-23(4-2)21(24)19-11-13-20(14-12-19)22-27(25,26)17-15-18-9-7-6-8-10-18/h6-15,17,22H,3-5,16H2,1-2H3/b17-15+. The molecule has 0 fully saturated rings. The third-order valence-corrected chi connectivity index (χ3v) is 5.10. The van der Waals surface area contributed by atoms with E-state index in [-0.39, 0.29) is 5.91 Å². The third-order valence-electron chi connectivity index (χ3n) is 4.08. The van der Waals surface area contributed by atoms with E-state index < -0.39 is 10.0 Å². The number of benzene rings is 2. The van der Waals surface area contributed by atoms with Gasteiger partial charge in [0.15, 0.2) is 0 Å². The highest BCUT2D eigenvalue weighted by Gasteiger charge is 2.14. The van der Waals surface area contributed by atoms with Gasteiger partial charge in [0.05, 0.1) is 5.41 Å². The van der Waals surface area contributed by atoms with Gasteiger partial charge < -0.3 is 4.90 Å². The summed E-state index contributed by atoms with van der Waals surface area (Å²) in [5, 5.41) is 1.13. The molecule has 27 heavy (non-hydrogen) atoms. The number of hydrogen-bond donors (Lipinski definition) is 1. The topological polar surface area (TPSA) is 66.5 Å². The zero-order valence-electron chi connectivity index (χ0n) is 15.8. The van der Waals surface area contributed by atoms with E-state index in [4.69, 9.17) is 0 Å². The van der Waals surface area contributed by atoms with Crippen molar-refractivity contribution in [2.75, 3.05) is 17.8 Å². The van der Waals surface area contributed by atoms with Gasteiger partial charge in [-0.3, -0.25) is 9.52 Å². The molecule has 6 heteroatoms. The maximum absolute atomic E-state index is 12.5. The molecule has 5 nitrogen and oxygen atoms in total. The van der Waals surface area contributed by atoms with Gasteiger partial charge in [-0.05, 0) is 49.2 Å². The number of nitrogens with zero attached hydrogens (tertiary/aromatic N) is 1. The molecule has 0 heterocycles. The summed E-state index contributed by atoms with van der Waals surface area (Å²) in [6.07, 6.45) is 3.53. The monoisotopic (exact) mass is 386 g/mol. The van der Waals surface area contributed by atoms with Crippen LogP contribution in [0.5, 0.6) is 0 Å². The van der Waals surface area contributed by atoms with Crippen molar-refractivity contribution in [1.82, 2.24) is 4.90 Å². The molecule has 0 aromatic heterocycles. The minimum Gasteiger partial charge on any atom is -0.339 e. The number of unbranched alkanes of at least 4 members (excludes halogenated alkanes) is 1. The Kier molecular flexibility index (Phi) is 7.61. The van der Waals surface area contributed by atoms with E-state index in [1.807, 2.05) is 37.3 Å². The molecule has 144 valence electrons. The fraction of sp³-hybridized carbons (Fsp3) is 0.286. The van der Waals surface area contributed by atoms with Gasteiger partial charge in [0.25, 0.3) is 15.9 Å². The Hall–Kier alpha value is -2.60. The molecule has 0 atom stereocenters. The van der Waals surface area contributed by atoms with E-state index in [1.54, 1.807) is 29.2 Å². The second kappa shape index (κ2) is 9.92. The molecule has 0 spiro atoms. The second-order valence-electron chi connectivity index (χ2n) is 6.18. The van der Waals surface area contributed by atoms with Crippen LogP contribution in [0, 0.1) is 0 Å². The van der Waals surface area contributed by atoms with Crippen molar-refractivity contribution in [3.8, 4) is 0 Å². The summed E-state index contributed by atoms with van der Waals surface area (Å²) in [7, 11) is -3.62. The Labute approximate surface area is 161 Å². The zero-order chi connectivity index (χ0) is 19.7. The first-order chi connectivity index (χ1) is 12.9. The predicted octanol–water partition coefficient (Wildman–Crippen LogP) is 4.36. The summed E-state index contributed by atoms with van der Waals surface area (Å²) in [5.41, 5.74) is 1.77. The Balaban J connectivity index is 2.04. The highest BCUT2D eigenvalue weighted by atomic mass is 32.2. The van der Waals surface area contributed by atoms with Crippen LogP contribution in [0.25, 0.3) is 6.08 Å². The lowest BCUT2D eigenvalue weighted by atomic mass is 10.1. The molecule has 2 rings (SSSR count). The van der Waals surface area contributed by atoms with E-state index in [0.29, 0.717) is 17.8 Å². The summed E-state index contributed by atoms with van der Waals surface area (Å²) in [6.45, 7) is 5.42. The van der Waals surface area contributed by atoms with Crippen LogP contribution in [0.4, 0.5) is 5.69 Å². The van der Waals surface area contributed by atoms with Crippen LogP contribution in [-0.4, -0.2) is 32.3 Å². The fourth-order valence-corrected chi connectivity index (χ4v) is 3.42. The molecule has 0 saturated heterocycles. The lowest BCUT2D eigenvalue weighted by Gasteiger charge is -2.20. The highest BCUT2D eigenvalue weighted by Crippen LogP contribution is 2.14. The average Bonchev–Trinajstić information content (AvgIpc) is 2.68. The predicted molar refractivity (Wildman–Crippen MR) is 111 cm³/mol. The first-order valence-corrected chi connectivity index (χ1v) is 10.6. The van der Waals surface area contributed by atoms with Gasteiger partial charge in [0, 0.05) is 24.3 Å². The molecule has 0 aliphatic heterocycles. The first kappa shape index (κ1) is 20.7. The van der Waals surface area contributed by atoms with Crippen LogP contribution in [0.15, 0.2) is 60.0 Å². The van der Waals surface area contributed by atoms with Gasteiger partial charge in [-0.2, -0.15) is 0 Å². The Morgan fingerprint density at radius 2 is 1.70 bits per heavy atom. The summed E-state index contributed by atoms with van der Waals surface area (Å²) < 4.78 is 26.9. The SMILES string of the molecule is CCCCN(CC)C(=O)c1ccc(NS(=O)(=O)/C=C/c2ccccc2)cc1. The maximum Gasteiger partial charge on any atom is 0.255 e. The molecular weight excluding hydrogens is 360 g/mol. The zero-order valence-corrected chi connectivity index (χ0v) is 16.6. The van der Waals surface area contributed by atoms with E-state index in [2.05, 4.69) is 11.6 Å². The van der Waals surface area contributed by atoms with Crippen LogP contribution in [0.2, 0.25) is 0 Å². The molecule has 0 radical (unpaired) electrons. The number of nitrogens with one attached hydrogen (secondary N) is 1. The number of sulfonamides is 1. The molecule has 0 bridgehead atoms. The fourth-order valence-electron chi connectivity index (χ4n) is 2.55. The highest BCUT2D eigenvalue weighted by molar-refractivity contribution is 7.95. The van der Waals surface area contributed by atoms with Gasteiger partial charge in [0.1, 0.15) is 0 Å². The Morgan fingerprint density at radius 1 is 1.04 bits per heavy atom. The average molecular weight is 387 g/mol. The second-order valence-corrected chi connectivity index (χ2v) is 7.74. The van der Waals surface area contributed by atoms with Crippen molar-refractivity contribution < 1.29 is 13.2 Å². The lowest BCUT2D eigenvalue weighted by Crippen LogP contribution is -2.31. The number of anilines is 1. The molecule has 0 aliphatic carbocycles. The normalized spacial score (nSPS) is 11.5. The number of hydrogen-bond acceptors (Lipinski definition) is 3. The number of rotatable bonds is 9. The van der Waals surface area contributed by atoms with Crippen LogP contribution in [0.3, 0.4) is 0 Å². The summed E-state index contributed by atoms with van der Waals surface area (Å²) in [4.78, 5) is 14.3. The van der Waals surface area contributed by atoms with Crippen LogP contribution in [-0.2, 0) is 10.0 Å². The van der Waals surface area contributed by atoms with Crippen LogP contribution < -0.4 is 4.72 Å². The third kappa shape index (κ3) is 6.57. The van der Waals surface area contributed by atoms with Gasteiger partial charge in [0.2, 0.25) is 0 Å². The summed E-state index contributed by atoms with van der Waals surface area (Å²) in [6, 6.07) is 15.7. The van der Waals surface area contributed by atoms with Gasteiger partial charge >= 0.3 is 0 Å². The van der Waals surface area contributed by atoms with Crippen molar-refractivity contribution in [2.45, 2.75) is 26.7 Å². The number of carbonyl (C=O) groups excluding carboxylic acids is 1. The van der Waals surface area contributed by atoms with Crippen LogP contribution in [0.1, 0.15) is 42.6 Å².